The molecular weight excluding hydrogens is 444 g/mol. The average molecular weight is 501 g/mol. The SMILES string of the molecule is CCCCOC.CCCCOCCOCCOCCOCCCC.OCCOCCOCCO. The van der Waals surface area contributed by atoms with Crippen LogP contribution in [0.1, 0.15) is 59.3 Å². The van der Waals surface area contributed by atoms with Gasteiger partial charge in [-0.15, -0.1) is 0 Å². The lowest BCUT2D eigenvalue weighted by Crippen LogP contribution is -2.12. The van der Waals surface area contributed by atoms with Crippen molar-refractivity contribution in [3.05, 3.63) is 0 Å². The summed E-state index contributed by atoms with van der Waals surface area (Å²) in [4.78, 5) is 0. The number of hydrogen-bond donors (Lipinski definition) is 2. The standard InChI is InChI=1S/C14H30O4.C6H14O4.C5H12O/c1-3-5-7-15-9-11-17-13-14-18-12-10-16-8-6-4-2;7-1-3-9-5-6-10-4-2-8;1-3-4-5-6-2/h3-14H2,1-2H3;7-8H,1-6H2;3-5H2,1-2H3. The van der Waals surface area contributed by atoms with Gasteiger partial charge in [-0.2, -0.15) is 0 Å². The molecule has 2 N–H and O–H groups in total. The molecule has 0 aromatic rings. The van der Waals surface area contributed by atoms with Crippen molar-refractivity contribution in [3.63, 3.8) is 0 Å². The Morgan fingerprint density at radius 2 is 0.647 bits per heavy atom. The Balaban J connectivity index is -0.000000501. The Kier molecular flexibility index (Phi) is 48.0. The first-order valence-corrected chi connectivity index (χ1v) is 12.9. The molecule has 0 heterocycles. The number of aliphatic hydroxyl groups is 2. The van der Waals surface area contributed by atoms with Gasteiger partial charge in [-0.25, -0.2) is 0 Å². The summed E-state index contributed by atoms with van der Waals surface area (Å²) in [5.74, 6) is 0. The smallest absolute Gasteiger partial charge is 0.0701 e. The molecule has 0 aliphatic rings. The van der Waals surface area contributed by atoms with Crippen LogP contribution in [0.5, 0.6) is 0 Å². The van der Waals surface area contributed by atoms with Gasteiger partial charge < -0.3 is 43.4 Å². The monoisotopic (exact) mass is 500 g/mol. The molecule has 0 saturated heterocycles. The van der Waals surface area contributed by atoms with E-state index in [0.717, 1.165) is 32.7 Å². The van der Waals surface area contributed by atoms with E-state index < -0.39 is 0 Å². The highest BCUT2D eigenvalue weighted by atomic mass is 16.6. The Labute approximate surface area is 209 Å². The molecule has 0 spiro atoms. The van der Waals surface area contributed by atoms with E-state index >= 15 is 0 Å². The normalized spacial score (nSPS) is 10.4. The van der Waals surface area contributed by atoms with Gasteiger partial charge in [0.15, 0.2) is 0 Å². The van der Waals surface area contributed by atoms with E-state index in [1.54, 1.807) is 7.11 Å². The number of rotatable bonds is 25. The summed E-state index contributed by atoms with van der Waals surface area (Å²) in [6.07, 6.45) is 7.02. The van der Waals surface area contributed by atoms with Gasteiger partial charge in [0.05, 0.1) is 79.3 Å². The molecule has 0 amide bonds. The molecule has 0 aromatic heterocycles. The Morgan fingerprint density at radius 1 is 0.382 bits per heavy atom. The minimum atomic E-state index is 0.0417. The van der Waals surface area contributed by atoms with Crippen molar-refractivity contribution in [3.8, 4) is 0 Å². The van der Waals surface area contributed by atoms with Crippen LogP contribution in [0, 0.1) is 0 Å². The number of hydrogen-bond acceptors (Lipinski definition) is 9. The first-order valence-electron chi connectivity index (χ1n) is 12.9. The molecule has 0 aromatic carbocycles. The van der Waals surface area contributed by atoms with Gasteiger partial charge in [-0.05, 0) is 19.3 Å². The highest BCUT2D eigenvalue weighted by Crippen LogP contribution is 1.89. The maximum Gasteiger partial charge on any atom is 0.0701 e. The van der Waals surface area contributed by atoms with Crippen LogP contribution in [0.3, 0.4) is 0 Å². The number of ether oxygens (including phenoxy) is 7. The van der Waals surface area contributed by atoms with Gasteiger partial charge in [0.1, 0.15) is 0 Å². The van der Waals surface area contributed by atoms with E-state index in [-0.39, 0.29) is 13.2 Å². The van der Waals surface area contributed by atoms with Crippen molar-refractivity contribution in [2.75, 3.05) is 106 Å². The maximum atomic E-state index is 8.26. The quantitative estimate of drug-likeness (QED) is 0.183. The zero-order valence-corrected chi connectivity index (χ0v) is 22.6. The molecule has 9 nitrogen and oxygen atoms in total. The van der Waals surface area contributed by atoms with E-state index in [4.69, 9.17) is 43.4 Å². The lowest BCUT2D eigenvalue weighted by atomic mass is 10.4. The molecule has 0 rings (SSSR count). The fraction of sp³-hybridized carbons (Fsp3) is 1.00. The second kappa shape index (κ2) is 42.8. The molecular formula is C25H56O9. The number of unbranched alkanes of at least 4 members (excludes halogenated alkanes) is 3. The largest absolute Gasteiger partial charge is 0.394 e. The van der Waals surface area contributed by atoms with Gasteiger partial charge in [-0.1, -0.05) is 40.0 Å². The second-order valence-corrected chi connectivity index (χ2v) is 7.17. The fourth-order valence-electron chi connectivity index (χ4n) is 1.99. The third kappa shape index (κ3) is 48.9. The molecule has 0 aliphatic carbocycles. The van der Waals surface area contributed by atoms with E-state index in [1.165, 1.54) is 25.7 Å². The second-order valence-electron chi connectivity index (χ2n) is 7.17. The summed E-state index contributed by atoms with van der Waals surface area (Å²) in [6, 6.07) is 0. The molecule has 210 valence electrons. The van der Waals surface area contributed by atoms with Gasteiger partial charge in [0.2, 0.25) is 0 Å². The molecule has 0 atom stereocenters. The first kappa shape index (κ1) is 38.2. The Morgan fingerprint density at radius 3 is 0.882 bits per heavy atom. The third-order valence-electron chi connectivity index (χ3n) is 3.95. The summed E-state index contributed by atoms with van der Waals surface area (Å²) >= 11 is 0. The highest BCUT2D eigenvalue weighted by molar-refractivity contribution is 4.37. The van der Waals surface area contributed by atoms with E-state index in [9.17, 15) is 0 Å². The van der Waals surface area contributed by atoms with E-state index in [0.29, 0.717) is 66.1 Å². The predicted molar refractivity (Wildman–Crippen MR) is 136 cm³/mol. The predicted octanol–water partition coefficient (Wildman–Crippen LogP) is 3.09. The van der Waals surface area contributed by atoms with Gasteiger partial charge in [-0.3, -0.25) is 0 Å². The van der Waals surface area contributed by atoms with Crippen LogP contribution < -0.4 is 0 Å². The van der Waals surface area contributed by atoms with Gasteiger partial charge in [0, 0.05) is 26.9 Å². The summed E-state index contributed by atoms with van der Waals surface area (Å²) in [5, 5.41) is 16.5. The summed E-state index contributed by atoms with van der Waals surface area (Å²) in [7, 11) is 1.73. The fourth-order valence-corrected chi connectivity index (χ4v) is 1.99. The van der Waals surface area contributed by atoms with Crippen molar-refractivity contribution in [1.29, 1.82) is 0 Å². The Bertz CT molecular complexity index is 270. The third-order valence-corrected chi connectivity index (χ3v) is 3.95. The lowest BCUT2D eigenvalue weighted by molar-refractivity contribution is -0.00227. The van der Waals surface area contributed by atoms with Gasteiger partial charge >= 0.3 is 0 Å². The van der Waals surface area contributed by atoms with E-state index in [1.807, 2.05) is 0 Å². The number of aliphatic hydroxyl groups excluding tert-OH is 2. The van der Waals surface area contributed by atoms with Crippen molar-refractivity contribution in [1.82, 2.24) is 0 Å². The minimum absolute atomic E-state index is 0.0417. The molecule has 0 saturated carbocycles. The average Bonchev–Trinajstić information content (AvgIpc) is 2.86. The molecule has 0 bridgehead atoms. The summed E-state index contributed by atoms with van der Waals surface area (Å²) < 4.78 is 36.0. The highest BCUT2D eigenvalue weighted by Gasteiger charge is 1.92. The number of methoxy groups -OCH3 is 1. The van der Waals surface area contributed by atoms with Crippen molar-refractivity contribution in [2.24, 2.45) is 0 Å². The van der Waals surface area contributed by atoms with Crippen LogP contribution in [0.2, 0.25) is 0 Å². The molecule has 0 aliphatic heterocycles. The van der Waals surface area contributed by atoms with Crippen LogP contribution in [0.15, 0.2) is 0 Å². The molecule has 0 fully saturated rings. The first-order chi connectivity index (χ1) is 16.7. The van der Waals surface area contributed by atoms with Gasteiger partial charge in [0.25, 0.3) is 0 Å². The topological polar surface area (TPSA) is 105 Å². The van der Waals surface area contributed by atoms with Crippen molar-refractivity contribution in [2.45, 2.75) is 59.3 Å². The van der Waals surface area contributed by atoms with Crippen molar-refractivity contribution < 1.29 is 43.4 Å². The van der Waals surface area contributed by atoms with Crippen molar-refractivity contribution >= 4 is 0 Å². The maximum absolute atomic E-state index is 8.26. The minimum Gasteiger partial charge on any atom is -0.394 e. The summed E-state index contributed by atoms with van der Waals surface area (Å²) in [5.41, 5.74) is 0. The zero-order chi connectivity index (χ0) is 25.8. The van der Waals surface area contributed by atoms with Crippen LogP contribution in [-0.2, 0) is 33.2 Å². The van der Waals surface area contributed by atoms with E-state index in [2.05, 4.69) is 20.8 Å². The molecule has 9 heteroatoms. The summed E-state index contributed by atoms with van der Waals surface area (Å²) in [6.45, 7) is 14.7. The van der Waals surface area contributed by atoms with Crippen LogP contribution in [0.25, 0.3) is 0 Å². The molecule has 0 radical (unpaired) electrons. The Hall–Kier alpha value is -0.360. The zero-order valence-electron chi connectivity index (χ0n) is 22.6. The van der Waals surface area contributed by atoms with Crippen LogP contribution in [-0.4, -0.2) is 116 Å². The lowest BCUT2D eigenvalue weighted by Gasteiger charge is -2.07. The van der Waals surface area contributed by atoms with Crippen LogP contribution in [0.4, 0.5) is 0 Å². The van der Waals surface area contributed by atoms with Crippen LogP contribution >= 0.6 is 0 Å². The molecule has 0 unspecified atom stereocenters. The molecule has 34 heavy (non-hydrogen) atoms.